The summed E-state index contributed by atoms with van der Waals surface area (Å²) in [6, 6.07) is 4.81. The number of benzene rings is 1. The average molecular weight is 302 g/mol. The Bertz CT molecular complexity index is 889. The number of fused-ring (bicyclic) bond motifs is 1. The average Bonchev–Trinajstić information content (AvgIpc) is 2.83. The molecule has 0 aliphatic rings. The molecule has 3 aromatic rings. The third-order valence-corrected chi connectivity index (χ3v) is 3.26. The van der Waals surface area contributed by atoms with Gasteiger partial charge in [0.15, 0.2) is 17.3 Å². The first-order valence-corrected chi connectivity index (χ1v) is 6.51. The minimum atomic E-state index is -1.02. The van der Waals surface area contributed by atoms with Gasteiger partial charge in [0.1, 0.15) is 0 Å². The van der Waals surface area contributed by atoms with Crippen molar-refractivity contribution in [2.45, 2.75) is 6.92 Å². The summed E-state index contributed by atoms with van der Waals surface area (Å²) in [5, 5.41) is 7.21. The Labute approximate surface area is 124 Å². The molecule has 3 rings (SSSR count). The second-order valence-corrected chi connectivity index (χ2v) is 4.90. The molecule has 2 aromatic heterocycles. The normalized spacial score (nSPS) is 10.9. The van der Waals surface area contributed by atoms with Gasteiger partial charge < -0.3 is 5.32 Å². The maximum Gasteiger partial charge on any atom is 0.256 e. The molecule has 0 bridgehead atoms. The lowest BCUT2D eigenvalue weighted by Gasteiger charge is -2.07. The van der Waals surface area contributed by atoms with Gasteiger partial charge in [0.2, 0.25) is 0 Å². The molecule has 0 atom stereocenters. The van der Waals surface area contributed by atoms with Crippen LogP contribution in [0.5, 0.6) is 0 Å². The van der Waals surface area contributed by atoms with Gasteiger partial charge in [-0.05, 0) is 25.1 Å². The maximum absolute atomic E-state index is 13.2. The van der Waals surface area contributed by atoms with E-state index in [1.165, 1.54) is 6.07 Å². The number of pyridine rings is 1. The standard InChI is InChI=1S/C15H12F2N4O/c1-8-5-10(11-7-18-21(2)14(11)19-8)15(22)20-9-3-4-12(16)13(17)6-9/h3-7H,1-2H3,(H,20,22). The Morgan fingerprint density at radius 1 is 1.23 bits per heavy atom. The smallest absolute Gasteiger partial charge is 0.256 e. The summed E-state index contributed by atoms with van der Waals surface area (Å²) in [5.74, 6) is -2.42. The number of halogens is 2. The van der Waals surface area contributed by atoms with Crippen LogP contribution in [0.2, 0.25) is 0 Å². The fourth-order valence-electron chi connectivity index (χ4n) is 2.20. The summed E-state index contributed by atoms with van der Waals surface area (Å²) in [6.07, 6.45) is 1.54. The molecule has 22 heavy (non-hydrogen) atoms. The van der Waals surface area contributed by atoms with Crippen LogP contribution in [0, 0.1) is 18.6 Å². The quantitative estimate of drug-likeness (QED) is 0.792. The van der Waals surface area contributed by atoms with Gasteiger partial charge in [-0.3, -0.25) is 9.48 Å². The van der Waals surface area contributed by atoms with Crippen LogP contribution >= 0.6 is 0 Å². The van der Waals surface area contributed by atoms with Crippen LogP contribution < -0.4 is 5.32 Å². The fourth-order valence-corrected chi connectivity index (χ4v) is 2.20. The molecule has 0 unspecified atom stereocenters. The first-order chi connectivity index (χ1) is 10.5. The molecule has 1 aromatic carbocycles. The zero-order valence-corrected chi connectivity index (χ0v) is 11.9. The van der Waals surface area contributed by atoms with Gasteiger partial charge in [0, 0.05) is 24.5 Å². The van der Waals surface area contributed by atoms with Crippen molar-refractivity contribution in [3.63, 3.8) is 0 Å². The van der Waals surface area contributed by atoms with Crippen LogP contribution in [0.25, 0.3) is 11.0 Å². The molecule has 0 saturated carbocycles. The van der Waals surface area contributed by atoms with Gasteiger partial charge in [-0.1, -0.05) is 0 Å². The molecule has 0 radical (unpaired) electrons. The number of aromatic nitrogens is 3. The Hall–Kier alpha value is -2.83. The first-order valence-electron chi connectivity index (χ1n) is 6.51. The Morgan fingerprint density at radius 3 is 2.73 bits per heavy atom. The lowest BCUT2D eigenvalue weighted by Crippen LogP contribution is -2.13. The van der Waals surface area contributed by atoms with Crippen molar-refractivity contribution >= 4 is 22.6 Å². The molecule has 7 heteroatoms. The van der Waals surface area contributed by atoms with E-state index in [0.29, 0.717) is 22.3 Å². The summed E-state index contributed by atoms with van der Waals surface area (Å²) in [5.41, 5.74) is 1.79. The summed E-state index contributed by atoms with van der Waals surface area (Å²) in [4.78, 5) is 16.7. The zero-order chi connectivity index (χ0) is 15.9. The SMILES string of the molecule is Cc1cc(C(=O)Nc2ccc(F)c(F)c2)c2cnn(C)c2n1. The number of carbonyl (C=O) groups excluding carboxylic acids is 1. The van der Waals surface area contributed by atoms with Gasteiger partial charge in [0.05, 0.1) is 17.1 Å². The van der Waals surface area contributed by atoms with Crippen molar-refractivity contribution in [1.82, 2.24) is 14.8 Å². The van der Waals surface area contributed by atoms with E-state index in [-0.39, 0.29) is 5.69 Å². The number of rotatable bonds is 2. The van der Waals surface area contributed by atoms with E-state index >= 15 is 0 Å². The van der Waals surface area contributed by atoms with E-state index in [0.717, 1.165) is 12.1 Å². The van der Waals surface area contributed by atoms with Crippen molar-refractivity contribution in [2.75, 3.05) is 5.32 Å². The molecule has 0 aliphatic heterocycles. The highest BCUT2D eigenvalue weighted by atomic mass is 19.2. The van der Waals surface area contributed by atoms with Crippen molar-refractivity contribution in [1.29, 1.82) is 0 Å². The van der Waals surface area contributed by atoms with Crippen molar-refractivity contribution < 1.29 is 13.6 Å². The molecule has 0 spiro atoms. The highest BCUT2D eigenvalue weighted by Gasteiger charge is 2.15. The second-order valence-electron chi connectivity index (χ2n) is 4.90. The number of nitrogens with zero attached hydrogens (tertiary/aromatic N) is 3. The number of anilines is 1. The lowest BCUT2D eigenvalue weighted by molar-refractivity contribution is 0.102. The minimum absolute atomic E-state index is 0.176. The maximum atomic E-state index is 13.2. The largest absolute Gasteiger partial charge is 0.322 e. The van der Waals surface area contributed by atoms with Gasteiger partial charge >= 0.3 is 0 Å². The molecule has 2 heterocycles. The molecular formula is C15H12F2N4O. The van der Waals surface area contributed by atoms with E-state index < -0.39 is 17.5 Å². The van der Waals surface area contributed by atoms with Crippen LogP contribution in [-0.2, 0) is 7.05 Å². The number of amides is 1. The van der Waals surface area contributed by atoms with Crippen molar-refractivity contribution in [3.8, 4) is 0 Å². The molecular weight excluding hydrogens is 290 g/mol. The Balaban J connectivity index is 2.00. The van der Waals surface area contributed by atoms with Crippen LogP contribution in [0.3, 0.4) is 0 Å². The number of nitrogens with one attached hydrogen (secondary N) is 1. The molecule has 1 amide bonds. The molecule has 1 N–H and O–H groups in total. The van der Waals surface area contributed by atoms with Crippen LogP contribution in [0.1, 0.15) is 16.1 Å². The molecule has 0 saturated heterocycles. The lowest BCUT2D eigenvalue weighted by atomic mass is 10.1. The number of hydrogen-bond donors (Lipinski definition) is 1. The molecule has 5 nitrogen and oxygen atoms in total. The van der Waals surface area contributed by atoms with E-state index in [9.17, 15) is 13.6 Å². The van der Waals surface area contributed by atoms with E-state index in [1.807, 2.05) is 0 Å². The van der Waals surface area contributed by atoms with Gasteiger partial charge in [0.25, 0.3) is 5.91 Å². The topological polar surface area (TPSA) is 59.8 Å². The summed E-state index contributed by atoms with van der Waals surface area (Å²) in [6.45, 7) is 1.76. The van der Waals surface area contributed by atoms with Crippen LogP contribution in [0.15, 0.2) is 30.5 Å². The molecule has 0 fully saturated rings. The number of aryl methyl sites for hydroxylation is 2. The number of carbonyl (C=O) groups is 1. The van der Waals surface area contributed by atoms with Crippen LogP contribution in [0.4, 0.5) is 14.5 Å². The van der Waals surface area contributed by atoms with Crippen molar-refractivity contribution in [2.24, 2.45) is 7.05 Å². The minimum Gasteiger partial charge on any atom is -0.322 e. The third-order valence-electron chi connectivity index (χ3n) is 3.26. The zero-order valence-electron chi connectivity index (χ0n) is 11.9. The van der Waals surface area contributed by atoms with E-state index in [4.69, 9.17) is 0 Å². The predicted molar refractivity (Wildman–Crippen MR) is 77.6 cm³/mol. The second kappa shape index (κ2) is 5.18. The molecule has 112 valence electrons. The van der Waals surface area contributed by atoms with Gasteiger partial charge in [-0.25, -0.2) is 13.8 Å². The molecule has 0 aliphatic carbocycles. The van der Waals surface area contributed by atoms with Crippen LogP contribution in [-0.4, -0.2) is 20.7 Å². The van der Waals surface area contributed by atoms with Crippen molar-refractivity contribution in [3.05, 3.63) is 53.4 Å². The Kier molecular flexibility index (Phi) is 3.32. The summed E-state index contributed by atoms with van der Waals surface area (Å²) >= 11 is 0. The monoisotopic (exact) mass is 302 g/mol. The van der Waals surface area contributed by atoms with Gasteiger partial charge in [-0.2, -0.15) is 5.10 Å². The summed E-state index contributed by atoms with van der Waals surface area (Å²) in [7, 11) is 1.73. The fraction of sp³-hybridized carbons (Fsp3) is 0.133. The van der Waals surface area contributed by atoms with E-state index in [2.05, 4.69) is 15.4 Å². The highest BCUT2D eigenvalue weighted by molar-refractivity contribution is 6.11. The summed E-state index contributed by atoms with van der Waals surface area (Å²) < 4.78 is 27.7. The third kappa shape index (κ3) is 2.41. The van der Waals surface area contributed by atoms with Gasteiger partial charge in [-0.15, -0.1) is 0 Å². The predicted octanol–water partition coefficient (Wildman–Crippen LogP) is 2.81. The Morgan fingerprint density at radius 2 is 2.00 bits per heavy atom. The first kappa shape index (κ1) is 14.1. The number of hydrogen-bond acceptors (Lipinski definition) is 3. The van der Waals surface area contributed by atoms with E-state index in [1.54, 1.807) is 30.9 Å². The highest BCUT2D eigenvalue weighted by Crippen LogP contribution is 2.20.